The molecule has 0 atom stereocenters. The smallest absolute Gasteiger partial charge is 0.136 e. The lowest BCUT2D eigenvalue weighted by Crippen LogP contribution is -2.11. The van der Waals surface area contributed by atoms with Crippen LogP contribution in [-0.4, -0.2) is 0 Å². The number of fused-ring (bicyclic) bond motifs is 10. The minimum Gasteiger partial charge on any atom is -0.456 e. The summed E-state index contributed by atoms with van der Waals surface area (Å²) in [5, 5.41) is 13.4. The van der Waals surface area contributed by atoms with E-state index in [0.717, 1.165) is 172 Å². The first-order valence-electron chi connectivity index (χ1n) is 32.8. The summed E-state index contributed by atoms with van der Waals surface area (Å²) in [6.45, 7) is 4.40. The predicted octanol–water partition coefficient (Wildman–Crippen LogP) is 26.3. The predicted molar refractivity (Wildman–Crippen MR) is 405 cm³/mol. The Morgan fingerprint density at radius 2 is 0.469 bits per heavy atom. The molecular formula is C90H62N4O2. The van der Waals surface area contributed by atoms with Gasteiger partial charge < -0.3 is 28.4 Å². The second-order valence-electron chi connectivity index (χ2n) is 25.1. The fourth-order valence-corrected chi connectivity index (χ4v) is 14.4. The van der Waals surface area contributed by atoms with Crippen LogP contribution in [0, 0.1) is 13.8 Å². The van der Waals surface area contributed by atoms with Gasteiger partial charge in [0.25, 0.3) is 0 Å². The normalized spacial score (nSPS) is 11.6. The molecule has 0 saturated carbocycles. The number of para-hydroxylation sites is 6. The van der Waals surface area contributed by atoms with Gasteiger partial charge in [-0.15, -0.1) is 0 Å². The van der Waals surface area contributed by atoms with E-state index in [1.807, 2.05) is 0 Å². The van der Waals surface area contributed by atoms with Crippen molar-refractivity contribution in [3.63, 3.8) is 0 Å². The summed E-state index contributed by atoms with van der Waals surface area (Å²) in [6.07, 6.45) is 0. The van der Waals surface area contributed by atoms with Gasteiger partial charge in [0.2, 0.25) is 0 Å². The molecule has 0 bridgehead atoms. The molecule has 0 radical (unpaired) electrons. The number of nitrogens with zero attached hydrogens (tertiary/aromatic N) is 4. The Morgan fingerprint density at radius 1 is 0.188 bits per heavy atom. The lowest BCUT2D eigenvalue weighted by molar-refractivity contribution is 0.669. The van der Waals surface area contributed by atoms with Gasteiger partial charge in [-0.05, 0) is 267 Å². The Labute approximate surface area is 556 Å². The van der Waals surface area contributed by atoms with E-state index in [-0.39, 0.29) is 0 Å². The number of hydrogen-bond acceptors (Lipinski definition) is 6. The molecule has 454 valence electrons. The van der Waals surface area contributed by atoms with Gasteiger partial charge in [0.15, 0.2) is 0 Å². The summed E-state index contributed by atoms with van der Waals surface area (Å²) < 4.78 is 13.3. The topological polar surface area (TPSA) is 39.2 Å². The van der Waals surface area contributed by atoms with Crippen LogP contribution in [0.2, 0.25) is 0 Å². The molecule has 0 saturated heterocycles. The summed E-state index contributed by atoms with van der Waals surface area (Å²) in [7, 11) is 0. The SMILES string of the molecule is Cc1ccccc1N(c1ccccc1)c1ccc2cc3oc4cc5ccc(N(c6ccccc6)c6ccc(-c7ccc(N(c8ccccc8)c8ccc9cc%10oc%11cc%12ccc(N(c%13ccccc%13)c%13ccccc%13)cc%12cc%11c%10cc9c8)cc7)cc6C)cc5cc4c3cc2c1. The third-order valence-electron chi connectivity index (χ3n) is 19.1. The van der Waals surface area contributed by atoms with Crippen LogP contribution >= 0.6 is 0 Å². The molecule has 0 aliphatic heterocycles. The van der Waals surface area contributed by atoms with E-state index in [0.29, 0.717) is 0 Å². The van der Waals surface area contributed by atoms with E-state index < -0.39 is 0 Å². The van der Waals surface area contributed by atoms with Crippen LogP contribution in [0.3, 0.4) is 0 Å². The number of benzene rings is 16. The summed E-state index contributed by atoms with van der Waals surface area (Å²) in [6, 6.07) is 122. The van der Waals surface area contributed by atoms with Gasteiger partial charge in [-0.3, -0.25) is 0 Å². The molecule has 2 aromatic heterocycles. The Balaban J connectivity index is 0.661. The Morgan fingerprint density at radius 3 is 0.812 bits per heavy atom. The van der Waals surface area contributed by atoms with Gasteiger partial charge >= 0.3 is 0 Å². The highest BCUT2D eigenvalue weighted by molar-refractivity contribution is 6.16. The molecule has 6 nitrogen and oxygen atoms in total. The van der Waals surface area contributed by atoms with E-state index in [2.05, 4.69) is 373 Å². The van der Waals surface area contributed by atoms with Crippen molar-refractivity contribution in [1.82, 2.24) is 0 Å². The standard InChI is InChI=1S/C90H62N4O2/c1-59-20-18-19-31-85(59)93(74-27-14-6-15-28-74)79-43-36-65-57-89-83(53-69(65)49-79)84-54-70-50-80(44-37-66(70)58-90(84)96-89)94(75-29-16-7-17-30-75)86-45-38-62(46-60(86)2)61-32-39-76(40-33-61)92(73-25-12-5-13-26-73)78-42-35-64-56-88-82(52-68(64)48-78)81-51-67-47-77(41-34-63(67)55-87(81)95-88)91(71-21-8-3-9-22-71)72-23-10-4-11-24-72/h3-58H,1-2H3. The molecule has 0 aliphatic rings. The fraction of sp³-hybridized carbons (Fsp3) is 0.0222. The minimum atomic E-state index is 0.872. The first-order valence-corrected chi connectivity index (χ1v) is 32.8. The molecular weight excluding hydrogens is 1170 g/mol. The summed E-state index contributed by atoms with van der Waals surface area (Å²) in [5.74, 6) is 0. The van der Waals surface area contributed by atoms with Gasteiger partial charge in [0.05, 0.1) is 0 Å². The lowest BCUT2D eigenvalue weighted by atomic mass is 10.00. The molecule has 0 unspecified atom stereocenters. The van der Waals surface area contributed by atoms with Crippen molar-refractivity contribution < 1.29 is 8.83 Å². The molecule has 6 heteroatoms. The molecule has 18 aromatic rings. The monoisotopic (exact) mass is 1230 g/mol. The van der Waals surface area contributed by atoms with E-state index in [1.54, 1.807) is 0 Å². The Kier molecular flexibility index (Phi) is 13.6. The van der Waals surface area contributed by atoms with Crippen LogP contribution in [0.1, 0.15) is 11.1 Å². The number of aryl methyl sites for hydroxylation is 2. The molecule has 0 spiro atoms. The minimum absolute atomic E-state index is 0.872. The van der Waals surface area contributed by atoms with Crippen LogP contribution in [-0.2, 0) is 0 Å². The molecule has 18 rings (SSSR count). The zero-order chi connectivity index (χ0) is 63.8. The average Bonchev–Trinajstić information content (AvgIpc) is 1.53. The summed E-state index contributed by atoms with van der Waals surface area (Å²) in [4.78, 5) is 9.39. The third kappa shape index (κ3) is 9.99. The largest absolute Gasteiger partial charge is 0.456 e. The van der Waals surface area contributed by atoms with E-state index in [4.69, 9.17) is 8.83 Å². The fourth-order valence-electron chi connectivity index (χ4n) is 14.4. The molecule has 0 amide bonds. The van der Waals surface area contributed by atoms with Gasteiger partial charge in [-0.2, -0.15) is 0 Å². The number of rotatable bonds is 13. The molecule has 96 heavy (non-hydrogen) atoms. The van der Waals surface area contributed by atoms with Crippen LogP contribution < -0.4 is 19.6 Å². The Hall–Kier alpha value is -12.6. The van der Waals surface area contributed by atoms with Crippen molar-refractivity contribution >= 4 is 155 Å². The van der Waals surface area contributed by atoms with Gasteiger partial charge in [0, 0.05) is 89.8 Å². The maximum Gasteiger partial charge on any atom is 0.136 e. The van der Waals surface area contributed by atoms with Gasteiger partial charge in [-0.25, -0.2) is 0 Å². The zero-order valence-electron chi connectivity index (χ0n) is 52.9. The Bertz CT molecular complexity index is 5950. The lowest BCUT2D eigenvalue weighted by Gasteiger charge is -2.28. The highest BCUT2D eigenvalue weighted by Crippen LogP contribution is 2.46. The van der Waals surface area contributed by atoms with Gasteiger partial charge in [-0.1, -0.05) is 152 Å². The second-order valence-corrected chi connectivity index (χ2v) is 25.1. The highest BCUT2D eigenvalue weighted by atomic mass is 16.3. The summed E-state index contributed by atoms with van der Waals surface area (Å²) >= 11 is 0. The van der Waals surface area contributed by atoms with Crippen molar-refractivity contribution in [2.45, 2.75) is 13.8 Å². The zero-order valence-corrected chi connectivity index (χ0v) is 52.9. The molecule has 2 heterocycles. The number of furan rings is 2. The number of hydrogen-bond donors (Lipinski definition) is 0. The molecule has 16 aromatic carbocycles. The molecule has 0 fully saturated rings. The van der Waals surface area contributed by atoms with E-state index >= 15 is 0 Å². The van der Waals surface area contributed by atoms with Crippen molar-refractivity contribution in [2.24, 2.45) is 0 Å². The maximum atomic E-state index is 6.68. The van der Waals surface area contributed by atoms with Crippen molar-refractivity contribution in [2.75, 3.05) is 19.6 Å². The first-order chi connectivity index (χ1) is 47.3. The van der Waals surface area contributed by atoms with Crippen LogP contribution in [0.5, 0.6) is 0 Å². The van der Waals surface area contributed by atoms with Crippen LogP contribution in [0.25, 0.3) is 98.1 Å². The van der Waals surface area contributed by atoms with Crippen molar-refractivity contribution in [1.29, 1.82) is 0 Å². The van der Waals surface area contributed by atoms with E-state index in [9.17, 15) is 0 Å². The maximum absolute atomic E-state index is 6.68. The van der Waals surface area contributed by atoms with Gasteiger partial charge in [0.1, 0.15) is 22.3 Å². The van der Waals surface area contributed by atoms with E-state index in [1.165, 1.54) is 5.56 Å². The van der Waals surface area contributed by atoms with Crippen LogP contribution in [0.15, 0.2) is 349 Å². The second kappa shape index (κ2) is 23.2. The van der Waals surface area contributed by atoms with Crippen molar-refractivity contribution in [3.05, 3.63) is 351 Å². The molecule has 0 N–H and O–H groups in total. The average molecular weight is 1230 g/mol. The van der Waals surface area contributed by atoms with Crippen LogP contribution in [0.4, 0.5) is 68.2 Å². The first kappa shape index (κ1) is 56.1. The quantitative estimate of drug-likeness (QED) is 0.115. The third-order valence-corrected chi connectivity index (χ3v) is 19.1. The highest BCUT2D eigenvalue weighted by Gasteiger charge is 2.22. The van der Waals surface area contributed by atoms with Crippen molar-refractivity contribution in [3.8, 4) is 11.1 Å². The molecule has 0 aliphatic carbocycles. The summed E-state index contributed by atoms with van der Waals surface area (Å²) in [5.41, 5.74) is 21.3. The number of anilines is 12.